The predicted octanol–water partition coefficient (Wildman–Crippen LogP) is 1.26. The van der Waals surface area contributed by atoms with Gasteiger partial charge in [-0.05, 0) is 6.42 Å². The first-order valence-corrected chi connectivity index (χ1v) is 5.11. The third kappa shape index (κ3) is 3.02. The molecule has 0 radical (unpaired) electrons. The normalized spacial score (nSPS) is 9.92. The molecule has 1 heterocycles. The minimum atomic E-state index is -0.138. The summed E-state index contributed by atoms with van der Waals surface area (Å²) in [7, 11) is 0. The molecule has 0 spiro atoms. The van der Waals surface area contributed by atoms with Crippen molar-refractivity contribution in [3.05, 3.63) is 11.1 Å². The smallest absolute Gasteiger partial charge is 0.270 e. The zero-order chi connectivity index (χ0) is 9.68. The molecular weight excluding hydrogens is 186 g/mol. The molecule has 3 N–H and O–H groups in total. The van der Waals surface area contributed by atoms with Gasteiger partial charge >= 0.3 is 0 Å². The summed E-state index contributed by atoms with van der Waals surface area (Å²) < 4.78 is 0. The van der Waals surface area contributed by atoms with E-state index >= 15 is 0 Å². The molecule has 72 valence electrons. The number of anilines is 1. The number of nitrogens with zero attached hydrogens (tertiary/aromatic N) is 1. The summed E-state index contributed by atoms with van der Waals surface area (Å²) in [6, 6.07) is 0. The summed E-state index contributed by atoms with van der Waals surface area (Å²) >= 11 is 1.28. The van der Waals surface area contributed by atoms with E-state index in [1.807, 2.05) is 0 Å². The molecule has 1 rings (SSSR count). The summed E-state index contributed by atoms with van der Waals surface area (Å²) in [5.74, 6) is -0.138. The fourth-order valence-corrected chi connectivity index (χ4v) is 1.40. The third-order valence-corrected chi connectivity index (χ3v) is 2.24. The Bertz CT molecular complexity index is 285. The van der Waals surface area contributed by atoms with Gasteiger partial charge in [-0.25, -0.2) is 4.98 Å². The van der Waals surface area contributed by atoms with E-state index in [0.717, 1.165) is 12.8 Å². The van der Waals surface area contributed by atoms with E-state index in [0.29, 0.717) is 17.4 Å². The van der Waals surface area contributed by atoms with Gasteiger partial charge in [0.15, 0.2) is 5.13 Å². The number of amides is 1. The molecule has 0 aliphatic heterocycles. The molecule has 0 saturated carbocycles. The summed E-state index contributed by atoms with van der Waals surface area (Å²) in [6.07, 6.45) is 2.06. The molecule has 0 fully saturated rings. The standard InChI is InChI=1S/C8H13N3OS/c1-2-3-4-10-7(12)6-5-13-8(9)11-6/h5H,2-4H2,1H3,(H2,9,11)(H,10,12). The fourth-order valence-electron chi connectivity index (χ4n) is 0.861. The van der Waals surface area contributed by atoms with Crippen LogP contribution in [0.2, 0.25) is 0 Å². The number of nitrogen functional groups attached to an aromatic ring is 1. The average Bonchev–Trinajstić information content (AvgIpc) is 2.52. The maximum atomic E-state index is 11.3. The van der Waals surface area contributed by atoms with Crippen molar-refractivity contribution in [2.24, 2.45) is 0 Å². The van der Waals surface area contributed by atoms with Crippen LogP contribution in [0.4, 0.5) is 5.13 Å². The second-order valence-corrected chi connectivity index (χ2v) is 3.57. The van der Waals surface area contributed by atoms with Crippen molar-refractivity contribution in [3.8, 4) is 0 Å². The molecule has 4 nitrogen and oxygen atoms in total. The van der Waals surface area contributed by atoms with Gasteiger partial charge in [0.05, 0.1) is 0 Å². The molecule has 1 aromatic rings. The first-order valence-electron chi connectivity index (χ1n) is 4.23. The largest absolute Gasteiger partial charge is 0.375 e. The lowest BCUT2D eigenvalue weighted by Gasteiger charge is -1.99. The van der Waals surface area contributed by atoms with Gasteiger partial charge in [0.1, 0.15) is 5.69 Å². The Kier molecular flexibility index (Phi) is 3.70. The Morgan fingerprint density at radius 3 is 3.08 bits per heavy atom. The second-order valence-electron chi connectivity index (χ2n) is 2.68. The lowest BCUT2D eigenvalue weighted by molar-refractivity contribution is 0.0949. The molecule has 0 aliphatic carbocycles. The van der Waals surface area contributed by atoms with E-state index in [9.17, 15) is 4.79 Å². The van der Waals surface area contributed by atoms with E-state index in [-0.39, 0.29) is 5.91 Å². The van der Waals surface area contributed by atoms with Crippen LogP contribution >= 0.6 is 11.3 Å². The van der Waals surface area contributed by atoms with Crippen molar-refractivity contribution < 1.29 is 4.79 Å². The maximum absolute atomic E-state index is 11.3. The number of nitrogens with two attached hydrogens (primary N) is 1. The van der Waals surface area contributed by atoms with Gasteiger partial charge in [0, 0.05) is 11.9 Å². The van der Waals surface area contributed by atoms with Crippen molar-refractivity contribution in [1.29, 1.82) is 0 Å². The van der Waals surface area contributed by atoms with Crippen LogP contribution in [0.25, 0.3) is 0 Å². The van der Waals surface area contributed by atoms with Gasteiger partial charge in [-0.1, -0.05) is 13.3 Å². The molecule has 0 bridgehead atoms. The molecule has 5 heteroatoms. The lowest BCUT2D eigenvalue weighted by Crippen LogP contribution is -2.24. The van der Waals surface area contributed by atoms with Crippen LogP contribution in [-0.2, 0) is 0 Å². The second kappa shape index (κ2) is 4.81. The number of hydrogen-bond donors (Lipinski definition) is 2. The summed E-state index contributed by atoms with van der Waals surface area (Å²) in [5.41, 5.74) is 5.81. The number of nitrogens with one attached hydrogen (secondary N) is 1. The molecule has 13 heavy (non-hydrogen) atoms. The molecule has 0 aliphatic rings. The van der Waals surface area contributed by atoms with Crippen LogP contribution in [0.15, 0.2) is 5.38 Å². The molecule has 0 aromatic carbocycles. The van der Waals surface area contributed by atoms with Gasteiger partial charge in [0.25, 0.3) is 5.91 Å². The van der Waals surface area contributed by atoms with Crippen molar-refractivity contribution >= 4 is 22.4 Å². The average molecular weight is 199 g/mol. The molecule has 1 aromatic heterocycles. The maximum Gasteiger partial charge on any atom is 0.270 e. The van der Waals surface area contributed by atoms with E-state index in [1.54, 1.807) is 5.38 Å². The molecule has 0 saturated heterocycles. The molecule has 1 amide bonds. The number of hydrogen-bond acceptors (Lipinski definition) is 4. The van der Waals surface area contributed by atoms with Crippen LogP contribution in [0.1, 0.15) is 30.3 Å². The Labute approximate surface area is 81.2 Å². The number of unbranched alkanes of at least 4 members (excludes halogenated alkanes) is 1. The van der Waals surface area contributed by atoms with Gasteiger partial charge in [0.2, 0.25) is 0 Å². The zero-order valence-electron chi connectivity index (χ0n) is 7.54. The number of carbonyl (C=O) groups excluding carboxylic acids is 1. The highest BCUT2D eigenvalue weighted by Crippen LogP contribution is 2.10. The Morgan fingerprint density at radius 1 is 1.77 bits per heavy atom. The van der Waals surface area contributed by atoms with Crippen molar-refractivity contribution in [1.82, 2.24) is 10.3 Å². The SMILES string of the molecule is CCCCNC(=O)c1csc(N)n1. The van der Waals surface area contributed by atoms with Crippen LogP contribution in [0.3, 0.4) is 0 Å². The van der Waals surface area contributed by atoms with Crippen LogP contribution < -0.4 is 11.1 Å². The highest BCUT2D eigenvalue weighted by Gasteiger charge is 2.07. The Hall–Kier alpha value is -1.10. The summed E-state index contributed by atoms with van der Waals surface area (Å²) in [4.78, 5) is 15.2. The van der Waals surface area contributed by atoms with E-state index in [1.165, 1.54) is 11.3 Å². The topological polar surface area (TPSA) is 68.0 Å². The van der Waals surface area contributed by atoms with Crippen LogP contribution in [0.5, 0.6) is 0 Å². The third-order valence-electron chi connectivity index (χ3n) is 1.57. The lowest BCUT2D eigenvalue weighted by atomic mass is 10.3. The number of aromatic nitrogens is 1. The summed E-state index contributed by atoms with van der Waals surface area (Å²) in [6.45, 7) is 2.78. The monoisotopic (exact) mass is 199 g/mol. The van der Waals surface area contributed by atoms with Gasteiger partial charge in [-0.15, -0.1) is 11.3 Å². The minimum absolute atomic E-state index is 0.138. The highest BCUT2D eigenvalue weighted by atomic mass is 32.1. The number of rotatable bonds is 4. The van der Waals surface area contributed by atoms with Crippen LogP contribution in [-0.4, -0.2) is 17.4 Å². The fraction of sp³-hybridized carbons (Fsp3) is 0.500. The number of thiazole rings is 1. The van der Waals surface area contributed by atoms with Gasteiger partial charge in [-0.2, -0.15) is 0 Å². The number of carbonyl (C=O) groups is 1. The van der Waals surface area contributed by atoms with Crippen molar-refractivity contribution in [2.45, 2.75) is 19.8 Å². The van der Waals surface area contributed by atoms with Crippen molar-refractivity contribution in [2.75, 3.05) is 12.3 Å². The van der Waals surface area contributed by atoms with Crippen LogP contribution in [0, 0.1) is 0 Å². The van der Waals surface area contributed by atoms with E-state index in [4.69, 9.17) is 5.73 Å². The summed E-state index contributed by atoms with van der Waals surface area (Å²) in [5, 5.41) is 4.86. The minimum Gasteiger partial charge on any atom is -0.375 e. The van der Waals surface area contributed by atoms with Gasteiger partial charge < -0.3 is 11.1 Å². The zero-order valence-corrected chi connectivity index (χ0v) is 8.36. The Morgan fingerprint density at radius 2 is 2.54 bits per heavy atom. The first-order chi connectivity index (χ1) is 6.24. The quantitative estimate of drug-likeness (QED) is 0.717. The molecule has 0 atom stereocenters. The van der Waals surface area contributed by atoms with E-state index < -0.39 is 0 Å². The van der Waals surface area contributed by atoms with E-state index in [2.05, 4.69) is 17.2 Å². The molecular formula is C8H13N3OS. The highest BCUT2D eigenvalue weighted by molar-refractivity contribution is 7.13. The first kappa shape index (κ1) is 9.98. The predicted molar refractivity (Wildman–Crippen MR) is 53.8 cm³/mol. The Balaban J connectivity index is 2.40. The van der Waals surface area contributed by atoms with Crippen molar-refractivity contribution in [3.63, 3.8) is 0 Å². The molecule has 0 unspecified atom stereocenters. The van der Waals surface area contributed by atoms with Gasteiger partial charge in [-0.3, -0.25) is 4.79 Å².